The van der Waals surface area contributed by atoms with Gasteiger partial charge >= 0.3 is 12.8 Å². The Bertz CT molecular complexity index is 1860. The summed E-state index contributed by atoms with van der Waals surface area (Å²) in [6, 6.07) is 0. The number of carbonyl (C=O) groups excluding carboxylic acids is 1. The number of nitrogen functional groups attached to an aromatic ring is 1. The van der Waals surface area contributed by atoms with Crippen molar-refractivity contribution in [2.24, 2.45) is 52.3 Å². The zero-order valence-electron chi connectivity index (χ0n) is 36.7. The van der Waals surface area contributed by atoms with E-state index in [2.05, 4.69) is 35.7 Å². The molecule has 18 heteroatoms. The molecule has 3 heterocycles. The average Bonchev–Trinajstić information content (AvgIpc) is 3.94. The molecule has 344 valence electrons. The minimum absolute atomic E-state index is 0.0522. The standard InChI is InChI=1S/C43H70N5O11PS/c1-7-26(20-49)38(25(3)55-6)58-60(54,59-41-33(51)19-35(57-41)48-22-47-37-39(44)45-21-46-40(37)48)61-23-56-36(53)10-8-9-24(2)30-13-14-31-29-12-11-27-17-28(50)15-16-42(27,4)32(29)18-34(52)43(30,31)5/h21-22,24-35,38,41,49-52H,7-20,23H2,1-6H3,(H2,44,45,46)/t24?,25?,26-,27?,28?,29?,30?,31?,32?,33?,34?,35-,38?,41-,42?,43?,60?/m1/s1. The summed E-state index contributed by atoms with van der Waals surface area (Å²) in [5, 5.41) is 43.7. The molecule has 4 saturated carbocycles. The molecule has 1 saturated heterocycles. The summed E-state index contributed by atoms with van der Waals surface area (Å²) < 4.78 is 45.6. The van der Waals surface area contributed by atoms with Gasteiger partial charge in [-0.2, -0.15) is 0 Å². The highest BCUT2D eigenvalue weighted by atomic mass is 32.7. The Hall–Kier alpha value is -1.92. The van der Waals surface area contributed by atoms with Gasteiger partial charge < -0.3 is 40.4 Å². The van der Waals surface area contributed by atoms with Crippen molar-refractivity contribution < 1.29 is 53.0 Å². The van der Waals surface area contributed by atoms with Crippen molar-refractivity contribution in [1.82, 2.24) is 19.5 Å². The Morgan fingerprint density at radius 1 is 1.08 bits per heavy atom. The molecule has 0 spiro atoms. The molecule has 0 bridgehead atoms. The van der Waals surface area contributed by atoms with Crippen molar-refractivity contribution in [2.45, 2.75) is 161 Å². The molecule has 5 aliphatic rings. The molecule has 0 amide bonds. The maximum absolute atomic E-state index is 14.6. The average molecular weight is 896 g/mol. The van der Waals surface area contributed by atoms with Gasteiger partial charge in [0.1, 0.15) is 30.1 Å². The molecule has 4 aliphatic carbocycles. The van der Waals surface area contributed by atoms with Crippen LogP contribution in [0.5, 0.6) is 0 Å². The van der Waals surface area contributed by atoms with Crippen molar-refractivity contribution in [3.63, 3.8) is 0 Å². The number of anilines is 1. The van der Waals surface area contributed by atoms with Gasteiger partial charge in [-0.1, -0.05) is 27.7 Å². The van der Waals surface area contributed by atoms with Gasteiger partial charge in [-0.25, -0.2) is 19.5 Å². The van der Waals surface area contributed by atoms with E-state index in [0.29, 0.717) is 70.9 Å². The topological polar surface area (TPSA) is 231 Å². The number of fused-ring (bicyclic) bond motifs is 6. The molecule has 0 aromatic carbocycles. The van der Waals surface area contributed by atoms with E-state index in [-0.39, 0.29) is 54.2 Å². The number of imidazole rings is 1. The van der Waals surface area contributed by atoms with Crippen LogP contribution in [0.4, 0.5) is 5.82 Å². The second-order valence-electron chi connectivity index (χ2n) is 19.3. The zero-order chi connectivity index (χ0) is 43.9. The lowest BCUT2D eigenvalue weighted by molar-refractivity contribution is -0.175. The first kappa shape index (κ1) is 47.1. The fraction of sp³-hybridized carbons (Fsp3) is 0.860. The number of rotatable bonds is 18. The maximum Gasteiger partial charge on any atom is 0.395 e. The number of aromatic nitrogens is 4. The molecule has 2 aromatic heterocycles. The predicted molar refractivity (Wildman–Crippen MR) is 229 cm³/mol. The van der Waals surface area contributed by atoms with Crippen LogP contribution in [0.1, 0.15) is 124 Å². The van der Waals surface area contributed by atoms with E-state index >= 15 is 0 Å². The summed E-state index contributed by atoms with van der Waals surface area (Å²) in [6.45, 7) is 6.11. The molecule has 2 aromatic rings. The number of hydrogen-bond donors (Lipinski definition) is 5. The summed E-state index contributed by atoms with van der Waals surface area (Å²) in [7, 11) is 1.49. The van der Waals surface area contributed by atoms with Gasteiger partial charge in [-0.15, -0.1) is 0 Å². The van der Waals surface area contributed by atoms with Crippen molar-refractivity contribution in [2.75, 3.05) is 25.4 Å². The lowest BCUT2D eigenvalue weighted by atomic mass is 9.43. The molecular weight excluding hydrogens is 826 g/mol. The molecule has 7 rings (SSSR count). The van der Waals surface area contributed by atoms with Gasteiger partial charge in [0.25, 0.3) is 0 Å². The first-order chi connectivity index (χ1) is 29.1. The van der Waals surface area contributed by atoms with Crippen LogP contribution in [-0.2, 0) is 32.6 Å². The van der Waals surface area contributed by atoms with Gasteiger partial charge in [0, 0.05) is 43.9 Å². The fourth-order valence-electron chi connectivity index (χ4n) is 12.6. The molecule has 1 aliphatic heterocycles. The van der Waals surface area contributed by atoms with Crippen LogP contribution in [0.15, 0.2) is 12.7 Å². The highest BCUT2D eigenvalue weighted by Gasteiger charge is 2.63. The number of nitrogens with two attached hydrogens (primary N) is 1. The van der Waals surface area contributed by atoms with Crippen molar-refractivity contribution >= 4 is 41.1 Å². The van der Waals surface area contributed by atoms with E-state index < -0.39 is 49.5 Å². The smallest absolute Gasteiger partial charge is 0.395 e. The Morgan fingerprint density at radius 3 is 2.61 bits per heavy atom. The number of aliphatic hydroxyl groups is 4. The van der Waals surface area contributed by atoms with E-state index in [4.69, 9.17) is 29.0 Å². The number of carbonyl (C=O) groups is 1. The number of nitrogens with zero attached hydrogens (tertiary/aromatic N) is 4. The van der Waals surface area contributed by atoms with Crippen LogP contribution in [0.3, 0.4) is 0 Å². The molecule has 17 atom stereocenters. The number of hydrogen-bond acceptors (Lipinski definition) is 16. The Kier molecular flexibility index (Phi) is 14.9. The fourth-order valence-corrected chi connectivity index (χ4v) is 15.7. The van der Waals surface area contributed by atoms with E-state index in [1.807, 2.05) is 6.92 Å². The minimum Gasteiger partial charge on any atom is -0.454 e. The minimum atomic E-state index is -4.28. The number of methoxy groups -OCH3 is 1. The van der Waals surface area contributed by atoms with Crippen LogP contribution < -0.4 is 5.73 Å². The second-order valence-corrected chi connectivity index (χ2v) is 23.2. The summed E-state index contributed by atoms with van der Waals surface area (Å²) >= 11 is 0.670. The quantitative estimate of drug-likeness (QED) is 0.0602. The Labute approximate surface area is 364 Å². The lowest BCUT2D eigenvalue weighted by Gasteiger charge is -2.62. The van der Waals surface area contributed by atoms with Crippen LogP contribution in [0.2, 0.25) is 0 Å². The third-order valence-corrected chi connectivity index (χ3v) is 19.6. The zero-order valence-corrected chi connectivity index (χ0v) is 38.4. The van der Waals surface area contributed by atoms with Crippen LogP contribution in [0.25, 0.3) is 11.2 Å². The largest absolute Gasteiger partial charge is 0.454 e. The number of esters is 1. The van der Waals surface area contributed by atoms with Crippen molar-refractivity contribution in [3.8, 4) is 0 Å². The SMILES string of the molecule is CC[C@H](CO)C(OP(=O)(O[C@H]1O[C@@H](n2cnc3c(N)ncnc32)CC1O)SCOC(=O)CCCC(C)C1CCC2C3CCC4CC(O)CCC4(C)C3CC(O)C12C)C(C)OC. The first-order valence-corrected chi connectivity index (χ1v) is 25.7. The van der Waals surface area contributed by atoms with E-state index in [1.54, 1.807) is 11.5 Å². The number of aliphatic hydroxyl groups excluding tert-OH is 4. The van der Waals surface area contributed by atoms with Crippen LogP contribution >= 0.6 is 18.2 Å². The summed E-state index contributed by atoms with van der Waals surface area (Å²) in [5.41, 5.74) is 6.76. The van der Waals surface area contributed by atoms with Gasteiger partial charge in [0.2, 0.25) is 0 Å². The third kappa shape index (κ3) is 9.31. The van der Waals surface area contributed by atoms with Gasteiger partial charge in [0.15, 0.2) is 17.8 Å². The Balaban J connectivity index is 0.948. The lowest BCUT2D eigenvalue weighted by Crippen LogP contribution is -2.58. The molecule has 5 fully saturated rings. The van der Waals surface area contributed by atoms with E-state index in [1.165, 1.54) is 32.6 Å². The Morgan fingerprint density at radius 2 is 1.87 bits per heavy atom. The van der Waals surface area contributed by atoms with Gasteiger partial charge in [-0.3, -0.25) is 18.4 Å². The number of ether oxygens (including phenoxy) is 3. The van der Waals surface area contributed by atoms with E-state index in [0.717, 1.165) is 44.9 Å². The molecule has 61 heavy (non-hydrogen) atoms. The van der Waals surface area contributed by atoms with Crippen LogP contribution in [-0.4, -0.2) is 102 Å². The second kappa shape index (κ2) is 19.3. The van der Waals surface area contributed by atoms with Gasteiger partial charge in [0.05, 0.1) is 30.7 Å². The molecule has 6 N–H and O–H groups in total. The van der Waals surface area contributed by atoms with E-state index in [9.17, 15) is 29.8 Å². The molecule has 16 nitrogen and oxygen atoms in total. The molecule has 0 radical (unpaired) electrons. The summed E-state index contributed by atoms with van der Waals surface area (Å²) in [4.78, 5) is 25.7. The summed E-state index contributed by atoms with van der Waals surface area (Å²) in [6.07, 6.45) is 7.73. The van der Waals surface area contributed by atoms with Crippen molar-refractivity contribution in [3.05, 3.63) is 12.7 Å². The predicted octanol–water partition coefficient (Wildman–Crippen LogP) is 6.61. The molecule has 14 unspecified atom stereocenters. The van der Waals surface area contributed by atoms with Crippen molar-refractivity contribution in [1.29, 1.82) is 0 Å². The van der Waals surface area contributed by atoms with Gasteiger partial charge in [-0.05, 0) is 124 Å². The highest BCUT2D eigenvalue weighted by Crippen LogP contribution is 2.69. The van der Waals surface area contributed by atoms with Crippen LogP contribution in [0, 0.1) is 52.3 Å². The monoisotopic (exact) mass is 895 g/mol. The molecular formula is C43H70N5O11PS. The first-order valence-electron chi connectivity index (χ1n) is 22.6. The highest BCUT2D eigenvalue weighted by molar-refractivity contribution is 8.55. The third-order valence-electron chi connectivity index (χ3n) is 16.3. The normalized spacial score (nSPS) is 37.9. The maximum atomic E-state index is 14.6. The summed E-state index contributed by atoms with van der Waals surface area (Å²) in [5.74, 6) is 1.75.